The van der Waals surface area contributed by atoms with Crippen molar-refractivity contribution in [3.63, 3.8) is 0 Å². The number of nitro benzene ring substituents is 1. The van der Waals surface area contributed by atoms with Crippen molar-refractivity contribution in [1.82, 2.24) is 0 Å². The Bertz CT molecular complexity index is 398. The van der Waals surface area contributed by atoms with Crippen molar-refractivity contribution in [3.05, 3.63) is 34.1 Å². The largest absolute Gasteiger partial charge is 0.391 e. The number of nitrogens with zero attached hydrogens (tertiary/aromatic N) is 1. The Hall–Kier alpha value is -1.69. The minimum Gasteiger partial charge on any atom is -0.391 e. The van der Waals surface area contributed by atoms with E-state index in [9.17, 15) is 19.6 Å². The van der Waals surface area contributed by atoms with Gasteiger partial charge in [-0.05, 0) is 12.5 Å². The number of benzene rings is 1. The summed E-state index contributed by atoms with van der Waals surface area (Å²) in [7, 11) is 0. The van der Waals surface area contributed by atoms with E-state index in [1.807, 2.05) is 6.92 Å². The maximum Gasteiger partial charge on any atom is 0.272 e. The summed E-state index contributed by atoms with van der Waals surface area (Å²) < 4.78 is 13.4. The molecule has 0 saturated carbocycles. The Labute approximate surface area is 98.4 Å². The van der Waals surface area contributed by atoms with Crippen molar-refractivity contribution in [2.75, 3.05) is 11.9 Å². The van der Waals surface area contributed by atoms with Crippen LogP contribution < -0.4 is 5.32 Å². The topological polar surface area (TPSA) is 75.4 Å². The second-order valence-electron chi connectivity index (χ2n) is 3.74. The van der Waals surface area contributed by atoms with Crippen LogP contribution in [-0.2, 0) is 0 Å². The molecule has 0 aliphatic carbocycles. The molecule has 2 N–H and O–H groups in total. The molecule has 5 nitrogen and oxygen atoms in total. The van der Waals surface area contributed by atoms with Crippen molar-refractivity contribution >= 4 is 11.4 Å². The summed E-state index contributed by atoms with van der Waals surface area (Å²) in [5.74, 6) is -0.692. The lowest BCUT2D eigenvalue weighted by Gasteiger charge is -2.12. The van der Waals surface area contributed by atoms with Crippen molar-refractivity contribution in [1.29, 1.82) is 0 Å². The smallest absolute Gasteiger partial charge is 0.272 e. The zero-order valence-corrected chi connectivity index (χ0v) is 9.52. The summed E-state index contributed by atoms with van der Waals surface area (Å²) >= 11 is 0. The number of aliphatic hydroxyl groups excluding tert-OH is 1. The molecule has 0 aromatic heterocycles. The van der Waals surface area contributed by atoms with E-state index in [0.717, 1.165) is 12.5 Å². The monoisotopic (exact) mass is 242 g/mol. The van der Waals surface area contributed by atoms with Gasteiger partial charge in [-0.2, -0.15) is 0 Å². The molecule has 1 unspecified atom stereocenters. The average molecular weight is 242 g/mol. The quantitative estimate of drug-likeness (QED) is 0.593. The van der Waals surface area contributed by atoms with Gasteiger partial charge in [0.2, 0.25) is 0 Å². The van der Waals surface area contributed by atoms with Gasteiger partial charge in [0, 0.05) is 12.6 Å². The van der Waals surface area contributed by atoms with Gasteiger partial charge in [0.15, 0.2) is 5.82 Å². The van der Waals surface area contributed by atoms with Gasteiger partial charge in [0.1, 0.15) is 0 Å². The van der Waals surface area contributed by atoms with E-state index in [2.05, 4.69) is 5.32 Å². The number of nitro groups is 1. The summed E-state index contributed by atoms with van der Waals surface area (Å²) in [6.07, 6.45) is 0.919. The molecule has 0 fully saturated rings. The van der Waals surface area contributed by atoms with E-state index in [-0.39, 0.29) is 17.9 Å². The Morgan fingerprint density at radius 3 is 2.82 bits per heavy atom. The highest BCUT2D eigenvalue weighted by atomic mass is 19.1. The van der Waals surface area contributed by atoms with E-state index >= 15 is 0 Å². The normalized spacial score (nSPS) is 12.2. The van der Waals surface area contributed by atoms with E-state index in [0.29, 0.717) is 6.42 Å². The van der Waals surface area contributed by atoms with Crippen LogP contribution in [0.3, 0.4) is 0 Å². The molecule has 0 aliphatic heterocycles. The molecule has 0 radical (unpaired) electrons. The Morgan fingerprint density at radius 2 is 2.29 bits per heavy atom. The molecule has 1 aromatic rings. The minimum absolute atomic E-state index is 0.158. The van der Waals surface area contributed by atoms with Gasteiger partial charge < -0.3 is 10.4 Å². The average Bonchev–Trinajstić information content (AvgIpc) is 2.27. The van der Waals surface area contributed by atoms with Crippen LogP contribution in [-0.4, -0.2) is 22.7 Å². The fourth-order valence-corrected chi connectivity index (χ4v) is 1.42. The molecule has 0 aliphatic rings. The van der Waals surface area contributed by atoms with E-state index < -0.39 is 16.8 Å². The van der Waals surface area contributed by atoms with Gasteiger partial charge in [-0.3, -0.25) is 10.1 Å². The zero-order chi connectivity index (χ0) is 12.8. The van der Waals surface area contributed by atoms with Crippen molar-refractivity contribution < 1.29 is 14.4 Å². The number of rotatable bonds is 6. The van der Waals surface area contributed by atoms with Crippen LogP contribution in [0.2, 0.25) is 0 Å². The lowest BCUT2D eigenvalue weighted by molar-refractivity contribution is -0.385. The summed E-state index contributed by atoms with van der Waals surface area (Å²) in [6.45, 7) is 2.16. The molecule has 0 heterocycles. The fourth-order valence-electron chi connectivity index (χ4n) is 1.42. The Morgan fingerprint density at radius 1 is 1.59 bits per heavy atom. The second kappa shape index (κ2) is 6.15. The molecule has 94 valence electrons. The third-order valence-corrected chi connectivity index (χ3v) is 2.31. The van der Waals surface area contributed by atoms with Crippen molar-refractivity contribution in [2.45, 2.75) is 25.9 Å². The van der Waals surface area contributed by atoms with Crippen LogP contribution in [0, 0.1) is 15.9 Å². The van der Waals surface area contributed by atoms with Gasteiger partial charge in [-0.25, -0.2) is 4.39 Å². The third-order valence-electron chi connectivity index (χ3n) is 2.31. The third kappa shape index (κ3) is 3.99. The highest BCUT2D eigenvalue weighted by Crippen LogP contribution is 2.20. The Kier molecular flexibility index (Phi) is 4.84. The van der Waals surface area contributed by atoms with E-state index in [4.69, 9.17) is 0 Å². The first-order valence-corrected chi connectivity index (χ1v) is 5.40. The van der Waals surface area contributed by atoms with Gasteiger partial charge in [0.05, 0.1) is 22.8 Å². The summed E-state index contributed by atoms with van der Waals surface area (Å²) in [5.41, 5.74) is -0.132. The number of hydrogen-bond acceptors (Lipinski definition) is 4. The lowest BCUT2D eigenvalue weighted by atomic mass is 10.2. The lowest BCUT2D eigenvalue weighted by Crippen LogP contribution is -2.19. The molecular weight excluding hydrogens is 227 g/mol. The highest BCUT2D eigenvalue weighted by Gasteiger charge is 2.11. The van der Waals surface area contributed by atoms with Crippen LogP contribution in [0.5, 0.6) is 0 Å². The number of halogens is 1. The van der Waals surface area contributed by atoms with Gasteiger partial charge in [0.25, 0.3) is 5.69 Å². The predicted octanol–water partition coefficient (Wildman–Crippen LogP) is 2.31. The van der Waals surface area contributed by atoms with Crippen molar-refractivity contribution in [2.24, 2.45) is 0 Å². The standard InChI is InChI=1S/C11H15FN2O3/c1-2-3-9(15)7-13-11-5-4-8(14(16)17)6-10(11)12/h4-6,9,13,15H,2-3,7H2,1H3. The van der Waals surface area contributed by atoms with Crippen LogP contribution in [0.4, 0.5) is 15.8 Å². The van der Waals surface area contributed by atoms with Crippen LogP contribution in [0.1, 0.15) is 19.8 Å². The second-order valence-corrected chi connectivity index (χ2v) is 3.74. The summed E-state index contributed by atoms with van der Waals surface area (Å²) in [4.78, 5) is 9.74. The molecule has 17 heavy (non-hydrogen) atoms. The van der Waals surface area contributed by atoms with Gasteiger partial charge in [-0.15, -0.1) is 0 Å². The first-order chi connectivity index (χ1) is 8.04. The molecule has 1 atom stereocenters. The van der Waals surface area contributed by atoms with Crippen LogP contribution in [0.15, 0.2) is 18.2 Å². The van der Waals surface area contributed by atoms with Crippen LogP contribution in [0.25, 0.3) is 0 Å². The Balaban J connectivity index is 2.63. The SMILES string of the molecule is CCCC(O)CNc1ccc([N+](=O)[O-])cc1F. The number of nitrogens with one attached hydrogen (secondary N) is 1. The first-order valence-electron chi connectivity index (χ1n) is 5.40. The molecule has 0 amide bonds. The number of non-ortho nitro benzene ring substituents is 1. The number of hydrogen-bond donors (Lipinski definition) is 2. The van der Waals surface area contributed by atoms with Gasteiger partial charge in [-0.1, -0.05) is 13.3 Å². The van der Waals surface area contributed by atoms with Crippen molar-refractivity contribution in [3.8, 4) is 0 Å². The number of anilines is 1. The molecule has 0 spiro atoms. The summed E-state index contributed by atoms with van der Waals surface area (Å²) in [5, 5.41) is 22.6. The number of aliphatic hydroxyl groups is 1. The predicted molar refractivity (Wildman–Crippen MR) is 62.5 cm³/mol. The first kappa shape index (κ1) is 13.4. The zero-order valence-electron chi connectivity index (χ0n) is 9.52. The fraction of sp³-hybridized carbons (Fsp3) is 0.455. The molecule has 1 aromatic carbocycles. The molecular formula is C11H15FN2O3. The molecule has 0 saturated heterocycles. The van der Waals surface area contributed by atoms with E-state index in [1.54, 1.807) is 0 Å². The van der Waals surface area contributed by atoms with Crippen LogP contribution >= 0.6 is 0 Å². The van der Waals surface area contributed by atoms with E-state index in [1.165, 1.54) is 12.1 Å². The molecule has 6 heteroatoms. The highest BCUT2D eigenvalue weighted by molar-refractivity contribution is 5.50. The maximum absolute atomic E-state index is 13.4. The summed E-state index contributed by atoms with van der Waals surface area (Å²) in [6, 6.07) is 3.37. The maximum atomic E-state index is 13.4. The molecule has 1 rings (SSSR count). The molecule has 0 bridgehead atoms. The van der Waals surface area contributed by atoms with Gasteiger partial charge >= 0.3 is 0 Å². The minimum atomic E-state index is -0.692.